The summed E-state index contributed by atoms with van der Waals surface area (Å²) in [6.07, 6.45) is 1.10. The molecule has 1 atom stereocenters. The van der Waals surface area contributed by atoms with E-state index in [0.717, 1.165) is 37.4 Å². The molecular weight excluding hydrogens is 278 g/mol. The quantitative estimate of drug-likeness (QED) is 0.876. The molecule has 0 saturated carbocycles. The van der Waals surface area contributed by atoms with Gasteiger partial charge >= 0.3 is 6.03 Å². The molecule has 1 fully saturated rings. The third-order valence-electron chi connectivity index (χ3n) is 3.89. The zero-order valence-corrected chi connectivity index (χ0v) is 13.8. The smallest absolute Gasteiger partial charge is 0.317 e. The Morgan fingerprint density at radius 3 is 2.68 bits per heavy atom. The highest BCUT2D eigenvalue weighted by Gasteiger charge is 2.22. The monoisotopic (exact) mass is 305 g/mol. The number of hydrogen-bond acceptors (Lipinski definition) is 3. The normalized spacial score (nSPS) is 17.8. The van der Waals surface area contributed by atoms with Crippen LogP contribution in [0, 0.1) is 5.92 Å². The second kappa shape index (κ2) is 8.03. The lowest BCUT2D eigenvalue weighted by Crippen LogP contribution is -2.37. The molecule has 1 aromatic rings. The van der Waals surface area contributed by atoms with Gasteiger partial charge in [-0.1, -0.05) is 19.1 Å². The molecule has 0 spiro atoms. The highest BCUT2D eigenvalue weighted by Crippen LogP contribution is 2.15. The molecule has 2 amide bonds. The Labute approximate surface area is 133 Å². The highest BCUT2D eigenvalue weighted by molar-refractivity contribution is 5.74. The third-order valence-corrected chi connectivity index (χ3v) is 3.89. The maximum atomic E-state index is 12.0. The van der Waals surface area contributed by atoms with Gasteiger partial charge in [-0.15, -0.1) is 0 Å². The molecule has 1 saturated heterocycles. The summed E-state index contributed by atoms with van der Waals surface area (Å²) >= 11 is 0. The Hall–Kier alpha value is -1.75. The van der Waals surface area contributed by atoms with Crippen molar-refractivity contribution in [2.45, 2.75) is 19.9 Å². The van der Waals surface area contributed by atoms with Crippen LogP contribution in [0.25, 0.3) is 0 Å². The number of nitrogens with one attached hydrogen (secondary N) is 1. The molecule has 1 aromatic carbocycles. The molecular formula is C17H27N3O2. The molecule has 2 rings (SSSR count). The van der Waals surface area contributed by atoms with Crippen molar-refractivity contribution in [3.63, 3.8) is 0 Å². The number of urea groups is 1. The summed E-state index contributed by atoms with van der Waals surface area (Å²) in [5, 5.41) is 2.98. The first-order chi connectivity index (χ1) is 10.5. The van der Waals surface area contributed by atoms with Gasteiger partial charge in [-0.2, -0.15) is 0 Å². The minimum atomic E-state index is 0.0376. The largest absolute Gasteiger partial charge is 0.492 e. The number of benzene rings is 1. The Morgan fingerprint density at radius 2 is 2.09 bits per heavy atom. The molecule has 1 unspecified atom stereocenters. The van der Waals surface area contributed by atoms with E-state index in [1.54, 1.807) is 0 Å². The van der Waals surface area contributed by atoms with Crippen molar-refractivity contribution in [3.05, 3.63) is 29.8 Å². The molecule has 22 heavy (non-hydrogen) atoms. The van der Waals surface area contributed by atoms with Crippen molar-refractivity contribution in [1.82, 2.24) is 15.1 Å². The minimum absolute atomic E-state index is 0.0376. The maximum absolute atomic E-state index is 12.0. The van der Waals surface area contributed by atoms with Crippen molar-refractivity contribution in [2.24, 2.45) is 5.92 Å². The lowest BCUT2D eigenvalue weighted by Gasteiger charge is -2.17. The van der Waals surface area contributed by atoms with E-state index in [2.05, 4.69) is 17.1 Å². The van der Waals surface area contributed by atoms with Crippen LogP contribution in [0.4, 0.5) is 4.79 Å². The van der Waals surface area contributed by atoms with E-state index >= 15 is 0 Å². The zero-order valence-electron chi connectivity index (χ0n) is 13.8. The van der Waals surface area contributed by atoms with Crippen molar-refractivity contribution in [2.75, 3.05) is 40.3 Å². The average molecular weight is 305 g/mol. The Kier molecular flexibility index (Phi) is 6.07. The van der Waals surface area contributed by atoms with Crippen LogP contribution in [-0.2, 0) is 6.54 Å². The van der Waals surface area contributed by atoms with Crippen LogP contribution in [0.2, 0.25) is 0 Å². The lowest BCUT2D eigenvalue weighted by molar-refractivity contribution is 0.207. The van der Waals surface area contributed by atoms with Gasteiger partial charge in [0.1, 0.15) is 12.4 Å². The summed E-state index contributed by atoms with van der Waals surface area (Å²) in [7, 11) is 4.05. The number of likely N-dealkylation sites (tertiary alicyclic amines) is 1. The van der Waals surface area contributed by atoms with Crippen molar-refractivity contribution >= 4 is 6.03 Å². The molecule has 1 aliphatic rings. The van der Waals surface area contributed by atoms with Gasteiger partial charge in [-0.3, -0.25) is 0 Å². The molecule has 122 valence electrons. The van der Waals surface area contributed by atoms with Crippen molar-refractivity contribution in [3.8, 4) is 5.75 Å². The van der Waals surface area contributed by atoms with E-state index in [4.69, 9.17) is 4.74 Å². The summed E-state index contributed by atoms with van der Waals surface area (Å²) in [5.74, 6) is 1.48. The first kappa shape index (κ1) is 16.6. The topological polar surface area (TPSA) is 44.8 Å². The average Bonchev–Trinajstić information content (AvgIpc) is 2.92. The minimum Gasteiger partial charge on any atom is -0.492 e. The maximum Gasteiger partial charge on any atom is 0.317 e. The van der Waals surface area contributed by atoms with E-state index in [-0.39, 0.29) is 6.03 Å². The number of nitrogens with zero attached hydrogens (tertiary/aromatic N) is 2. The second-order valence-electron chi connectivity index (χ2n) is 6.29. The fourth-order valence-corrected chi connectivity index (χ4v) is 2.46. The first-order valence-corrected chi connectivity index (χ1v) is 7.94. The molecule has 0 radical (unpaired) electrons. The van der Waals surface area contributed by atoms with Crippen LogP contribution in [-0.4, -0.2) is 56.2 Å². The van der Waals surface area contributed by atoms with Crippen molar-refractivity contribution < 1.29 is 9.53 Å². The molecule has 1 heterocycles. The molecule has 1 N–H and O–H groups in total. The SMILES string of the molecule is CC1CCN(C(=O)NCc2ccc(OCCN(C)C)cc2)C1. The van der Waals surface area contributed by atoms with Gasteiger partial charge in [0.05, 0.1) is 0 Å². The van der Waals surface area contributed by atoms with Crippen LogP contribution >= 0.6 is 0 Å². The summed E-state index contributed by atoms with van der Waals surface area (Å²) in [5.41, 5.74) is 1.08. The Balaban J connectivity index is 1.73. The molecule has 1 aliphatic heterocycles. The Morgan fingerprint density at radius 1 is 1.36 bits per heavy atom. The van der Waals surface area contributed by atoms with Gasteiger partial charge in [-0.25, -0.2) is 4.79 Å². The number of likely N-dealkylation sites (N-methyl/N-ethyl adjacent to an activating group) is 1. The molecule has 5 heteroatoms. The standard InChI is InChI=1S/C17H27N3O2/c1-14-8-9-20(13-14)17(21)18-12-15-4-6-16(7-5-15)22-11-10-19(2)3/h4-7,14H,8-13H2,1-3H3,(H,18,21). The first-order valence-electron chi connectivity index (χ1n) is 7.94. The van der Waals surface area contributed by atoms with E-state index in [9.17, 15) is 4.79 Å². The van der Waals surface area contributed by atoms with Crippen molar-refractivity contribution in [1.29, 1.82) is 0 Å². The van der Waals surface area contributed by atoms with Crippen LogP contribution in [0.5, 0.6) is 5.75 Å². The fourth-order valence-electron chi connectivity index (χ4n) is 2.46. The van der Waals surface area contributed by atoms with Gasteiger partial charge in [0.2, 0.25) is 0 Å². The lowest BCUT2D eigenvalue weighted by atomic mass is 10.2. The van der Waals surface area contributed by atoms with Gasteiger partial charge in [-0.05, 0) is 44.1 Å². The summed E-state index contributed by atoms with van der Waals surface area (Å²) < 4.78 is 5.65. The summed E-state index contributed by atoms with van der Waals surface area (Å²) in [6.45, 7) is 6.04. The van der Waals surface area contributed by atoms with Gasteiger partial charge in [0.25, 0.3) is 0 Å². The number of carbonyl (C=O) groups excluding carboxylic acids is 1. The fraction of sp³-hybridized carbons (Fsp3) is 0.588. The predicted molar refractivity (Wildman–Crippen MR) is 88.1 cm³/mol. The van der Waals surface area contributed by atoms with Gasteiger partial charge < -0.3 is 19.9 Å². The van der Waals surface area contributed by atoms with Crippen LogP contribution < -0.4 is 10.1 Å². The third kappa shape index (κ3) is 5.22. The molecule has 0 aliphatic carbocycles. The number of hydrogen-bond donors (Lipinski definition) is 1. The predicted octanol–water partition coefficient (Wildman–Crippen LogP) is 2.18. The Bertz CT molecular complexity index is 473. The van der Waals surface area contributed by atoms with Crippen LogP contribution in [0.3, 0.4) is 0 Å². The molecule has 0 aromatic heterocycles. The summed E-state index contributed by atoms with van der Waals surface area (Å²) in [4.78, 5) is 16.0. The number of amides is 2. The zero-order chi connectivity index (χ0) is 15.9. The number of ether oxygens (including phenoxy) is 1. The highest BCUT2D eigenvalue weighted by atomic mass is 16.5. The number of rotatable bonds is 6. The van der Waals surface area contributed by atoms with E-state index in [0.29, 0.717) is 19.1 Å². The van der Waals surface area contributed by atoms with Crippen LogP contribution in [0.15, 0.2) is 24.3 Å². The van der Waals surface area contributed by atoms with E-state index < -0.39 is 0 Å². The molecule has 5 nitrogen and oxygen atoms in total. The summed E-state index contributed by atoms with van der Waals surface area (Å²) in [6, 6.07) is 7.94. The van der Waals surface area contributed by atoms with Gasteiger partial charge in [0.15, 0.2) is 0 Å². The van der Waals surface area contributed by atoms with E-state index in [1.165, 1.54) is 0 Å². The number of carbonyl (C=O) groups is 1. The van der Waals surface area contributed by atoms with Crippen LogP contribution in [0.1, 0.15) is 18.9 Å². The van der Waals surface area contributed by atoms with E-state index in [1.807, 2.05) is 43.3 Å². The second-order valence-corrected chi connectivity index (χ2v) is 6.29. The van der Waals surface area contributed by atoms with Gasteiger partial charge in [0, 0.05) is 26.2 Å². The molecule has 0 bridgehead atoms.